The van der Waals surface area contributed by atoms with E-state index >= 15 is 0 Å². The zero-order valence-electron chi connectivity index (χ0n) is 12.3. The highest BCUT2D eigenvalue weighted by Gasteiger charge is 2.06. The van der Waals surface area contributed by atoms with Gasteiger partial charge in [0.1, 0.15) is 5.75 Å². The van der Waals surface area contributed by atoms with E-state index in [1.807, 2.05) is 24.3 Å². The predicted octanol–water partition coefficient (Wildman–Crippen LogP) is 1.68. The van der Waals surface area contributed by atoms with Crippen LogP contribution in [0.3, 0.4) is 0 Å². The maximum atomic E-state index is 11.7. The first-order valence-corrected chi connectivity index (χ1v) is 6.86. The largest absolute Gasteiger partial charge is 0.497 e. The van der Waals surface area contributed by atoms with E-state index in [1.165, 1.54) is 0 Å². The molecule has 0 saturated carbocycles. The van der Waals surface area contributed by atoms with Crippen LogP contribution in [0.1, 0.15) is 23.8 Å². The summed E-state index contributed by atoms with van der Waals surface area (Å²) < 4.78 is 10.3. The molecule has 6 nitrogen and oxygen atoms in total. The number of aryl methyl sites for hydroxylation is 2. The van der Waals surface area contributed by atoms with Crippen LogP contribution in [0.25, 0.3) is 0 Å². The number of carbonyl (C=O) groups is 1. The molecule has 0 aliphatic heterocycles. The van der Waals surface area contributed by atoms with Crippen molar-refractivity contribution in [3.8, 4) is 5.75 Å². The molecular formula is C15H19N3O3. The summed E-state index contributed by atoms with van der Waals surface area (Å²) in [6.07, 6.45) is 1.61. The Labute approximate surface area is 123 Å². The molecule has 0 aliphatic rings. The Kier molecular flexibility index (Phi) is 5.31. The van der Waals surface area contributed by atoms with E-state index in [9.17, 15) is 4.79 Å². The number of amides is 1. The lowest BCUT2D eigenvalue weighted by Gasteiger charge is -2.05. The van der Waals surface area contributed by atoms with Crippen LogP contribution in [-0.4, -0.2) is 29.8 Å². The maximum absolute atomic E-state index is 11.7. The molecule has 0 atom stereocenters. The highest BCUT2D eigenvalue weighted by atomic mass is 16.5. The summed E-state index contributed by atoms with van der Waals surface area (Å²) in [5, 5.41) is 10.5. The van der Waals surface area contributed by atoms with E-state index in [1.54, 1.807) is 14.0 Å². The Morgan fingerprint density at radius 2 is 2.00 bits per heavy atom. The van der Waals surface area contributed by atoms with Crippen molar-refractivity contribution >= 4 is 5.91 Å². The standard InChI is InChI=1S/C15H19N3O3/c1-11-17-18-15(21-11)8-7-14(19)16-10-9-12-3-5-13(20-2)6-4-12/h3-6H,7-10H2,1-2H3,(H,16,19). The van der Waals surface area contributed by atoms with Gasteiger partial charge in [-0.3, -0.25) is 4.79 Å². The number of nitrogens with one attached hydrogen (secondary N) is 1. The zero-order valence-corrected chi connectivity index (χ0v) is 12.3. The first-order chi connectivity index (χ1) is 10.2. The van der Waals surface area contributed by atoms with Crippen LogP contribution in [0.15, 0.2) is 28.7 Å². The van der Waals surface area contributed by atoms with Crippen molar-refractivity contribution in [3.63, 3.8) is 0 Å². The van der Waals surface area contributed by atoms with E-state index in [0.29, 0.717) is 31.2 Å². The number of carbonyl (C=O) groups excluding carboxylic acids is 1. The Balaban J connectivity index is 1.66. The fourth-order valence-corrected chi connectivity index (χ4v) is 1.89. The van der Waals surface area contributed by atoms with E-state index in [2.05, 4.69) is 15.5 Å². The molecule has 1 amide bonds. The van der Waals surface area contributed by atoms with Crippen molar-refractivity contribution in [3.05, 3.63) is 41.6 Å². The summed E-state index contributed by atoms with van der Waals surface area (Å²) >= 11 is 0. The monoisotopic (exact) mass is 289 g/mol. The Bertz CT molecular complexity index is 578. The van der Waals surface area contributed by atoms with Gasteiger partial charge in [-0.2, -0.15) is 0 Å². The van der Waals surface area contributed by atoms with Gasteiger partial charge >= 0.3 is 0 Å². The second kappa shape index (κ2) is 7.42. The number of hydrogen-bond donors (Lipinski definition) is 1. The van der Waals surface area contributed by atoms with Gasteiger partial charge in [0.25, 0.3) is 0 Å². The van der Waals surface area contributed by atoms with Gasteiger partial charge in [0.15, 0.2) is 0 Å². The lowest BCUT2D eigenvalue weighted by molar-refractivity contribution is -0.121. The molecule has 1 N–H and O–H groups in total. The number of benzene rings is 1. The molecule has 0 unspecified atom stereocenters. The molecule has 1 heterocycles. The molecule has 2 rings (SSSR count). The topological polar surface area (TPSA) is 77.2 Å². The van der Waals surface area contributed by atoms with Gasteiger partial charge in [0.2, 0.25) is 17.7 Å². The second-order valence-corrected chi connectivity index (χ2v) is 4.66. The highest BCUT2D eigenvalue weighted by molar-refractivity contribution is 5.75. The van der Waals surface area contributed by atoms with E-state index in [0.717, 1.165) is 17.7 Å². The van der Waals surface area contributed by atoms with Crippen LogP contribution < -0.4 is 10.1 Å². The van der Waals surface area contributed by atoms with Crippen molar-refractivity contribution in [1.29, 1.82) is 0 Å². The Hall–Kier alpha value is -2.37. The predicted molar refractivity (Wildman–Crippen MR) is 77.1 cm³/mol. The fourth-order valence-electron chi connectivity index (χ4n) is 1.89. The van der Waals surface area contributed by atoms with Crippen molar-refractivity contribution in [2.75, 3.05) is 13.7 Å². The number of aromatic nitrogens is 2. The first kappa shape index (κ1) is 15.0. The number of hydrogen-bond acceptors (Lipinski definition) is 5. The minimum Gasteiger partial charge on any atom is -0.497 e. The summed E-state index contributed by atoms with van der Waals surface area (Å²) in [4.78, 5) is 11.7. The van der Waals surface area contributed by atoms with Gasteiger partial charge in [-0.05, 0) is 24.1 Å². The fraction of sp³-hybridized carbons (Fsp3) is 0.400. The van der Waals surface area contributed by atoms with E-state index in [4.69, 9.17) is 9.15 Å². The summed E-state index contributed by atoms with van der Waals surface area (Å²) in [6.45, 7) is 2.33. The summed E-state index contributed by atoms with van der Waals surface area (Å²) in [6, 6.07) is 7.81. The minimum atomic E-state index is -0.0145. The molecule has 0 spiro atoms. The zero-order chi connectivity index (χ0) is 15.1. The molecule has 0 radical (unpaired) electrons. The quantitative estimate of drug-likeness (QED) is 0.839. The number of methoxy groups -OCH3 is 1. The van der Waals surface area contributed by atoms with Crippen molar-refractivity contribution in [1.82, 2.24) is 15.5 Å². The average Bonchev–Trinajstić information content (AvgIpc) is 2.91. The maximum Gasteiger partial charge on any atom is 0.220 e. The highest BCUT2D eigenvalue weighted by Crippen LogP contribution is 2.11. The van der Waals surface area contributed by atoms with Crippen molar-refractivity contribution in [2.45, 2.75) is 26.2 Å². The Morgan fingerprint density at radius 3 is 2.62 bits per heavy atom. The SMILES string of the molecule is COc1ccc(CCNC(=O)CCc2nnc(C)o2)cc1. The molecule has 6 heteroatoms. The Morgan fingerprint density at radius 1 is 1.24 bits per heavy atom. The minimum absolute atomic E-state index is 0.0145. The molecule has 21 heavy (non-hydrogen) atoms. The molecule has 0 aliphatic carbocycles. The van der Waals surface area contributed by atoms with Crippen LogP contribution >= 0.6 is 0 Å². The molecule has 2 aromatic rings. The lowest BCUT2D eigenvalue weighted by Crippen LogP contribution is -2.25. The third-order valence-corrected chi connectivity index (χ3v) is 3.03. The van der Waals surface area contributed by atoms with Gasteiger partial charge in [0.05, 0.1) is 7.11 Å². The molecule has 0 bridgehead atoms. The van der Waals surface area contributed by atoms with Crippen LogP contribution in [0.5, 0.6) is 5.75 Å². The number of ether oxygens (including phenoxy) is 1. The lowest BCUT2D eigenvalue weighted by atomic mass is 10.1. The van der Waals surface area contributed by atoms with E-state index in [-0.39, 0.29) is 5.91 Å². The molecule has 112 valence electrons. The smallest absolute Gasteiger partial charge is 0.220 e. The van der Waals surface area contributed by atoms with E-state index < -0.39 is 0 Å². The second-order valence-electron chi connectivity index (χ2n) is 4.66. The number of rotatable bonds is 7. The first-order valence-electron chi connectivity index (χ1n) is 6.86. The van der Waals surface area contributed by atoms with Crippen molar-refractivity contribution in [2.24, 2.45) is 0 Å². The third-order valence-electron chi connectivity index (χ3n) is 3.03. The van der Waals surface area contributed by atoms with Crippen LogP contribution in [0, 0.1) is 6.92 Å². The van der Waals surface area contributed by atoms with Gasteiger partial charge in [0, 0.05) is 26.3 Å². The van der Waals surface area contributed by atoms with Gasteiger partial charge in [-0.25, -0.2) is 0 Å². The molecule has 0 saturated heterocycles. The van der Waals surface area contributed by atoms with Crippen molar-refractivity contribution < 1.29 is 13.9 Å². The third kappa shape index (κ3) is 4.91. The van der Waals surface area contributed by atoms with Gasteiger partial charge in [-0.1, -0.05) is 12.1 Å². The molecule has 0 fully saturated rings. The summed E-state index contributed by atoms with van der Waals surface area (Å²) in [5.41, 5.74) is 1.16. The molecule has 1 aromatic carbocycles. The number of nitrogens with zero attached hydrogens (tertiary/aromatic N) is 2. The normalized spacial score (nSPS) is 10.4. The molecular weight excluding hydrogens is 270 g/mol. The van der Waals surface area contributed by atoms with Crippen LogP contribution in [0.4, 0.5) is 0 Å². The van der Waals surface area contributed by atoms with Gasteiger partial charge < -0.3 is 14.5 Å². The molecule has 1 aromatic heterocycles. The average molecular weight is 289 g/mol. The summed E-state index contributed by atoms with van der Waals surface area (Å²) in [5.74, 6) is 1.83. The van der Waals surface area contributed by atoms with Gasteiger partial charge in [-0.15, -0.1) is 10.2 Å². The van der Waals surface area contributed by atoms with Crippen LogP contribution in [0.2, 0.25) is 0 Å². The summed E-state index contributed by atoms with van der Waals surface area (Å²) in [7, 11) is 1.64. The van der Waals surface area contributed by atoms with Crippen LogP contribution in [-0.2, 0) is 17.6 Å².